The van der Waals surface area contributed by atoms with Crippen molar-refractivity contribution in [2.45, 2.75) is 147 Å². The van der Waals surface area contributed by atoms with E-state index in [9.17, 15) is 27.2 Å². The number of unbranched alkanes of at least 4 members (excludes halogenated alkanes) is 4. The average Bonchev–Trinajstić information content (AvgIpc) is 3.00. The molecule has 0 heterocycles. The van der Waals surface area contributed by atoms with Crippen molar-refractivity contribution >= 4 is 11.9 Å². The van der Waals surface area contributed by atoms with Crippen LogP contribution in [0.15, 0.2) is 0 Å². The zero-order valence-electron chi connectivity index (χ0n) is 29.8. The van der Waals surface area contributed by atoms with E-state index < -0.39 is 40.4 Å². The number of hydrogen-bond donors (Lipinski definition) is 0. The van der Waals surface area contributed by atoms with Crippen molar-refractivity contribution in [3.63, 3.8) is 0 Å². The number of halogens is 4. The lowest BCUT2D eigenvalue weighted by Gasteiger charge is -2.61. The molecule has 0 amide bonds. The number of benzene rings is 1. The highest BCUT2D eigenvalue weighted by atomic mass is 19.2. The SMILES string of the molecule is CC.CC.CC(=O)OCCCCCCCC(C)C1(C)CCC1(C)CC(C)COC(=O)c1c(F)c(F)c(C)c(F)c1F.CCC. The second-order valence-corrected chi connectivity index (χ2v) is 12.1. The van der Waals surface area contributed by atoms with E-state index in [1.807, 2.05) is 34.6 Å². The second-order valence-electron chi connectivity index (χ2n) is 12.1. The largest absolute Gasteiger partial charge is 0.466 e. The summed E-state index contributed by atoms with van der Waals surface area (Å²) in [6.07, 6.45) is 10.6. The molecule has 1 aliphatic rings. The van der Waals surface area contributed by atoms with Crippen LogP contribution < -0.4 is 0 Å². The molecule has 0 spiro atoms. The molecule has 258 valence electrons. The summed E-state index contributed by atoms with van der Waals surface area (Å²) < 4.78 is 66.0. The molecule has 1 aliphatic carbocycles. The molecule has 0 bridgehead atoms. The summed E-state index contributed by atoms with van der Waals surface area (Å²) in [6, 6.07) is 0. The van der Waals surface area contributed by atoms with Crippen molar-refractivity contribution in [1.82, 2.24) is 0 Å². The Labute approximate surface area is 266 Å². The zero-order valence-corrected chi connectivity index (χ0v) is 29.8. The van der Waals surface area contributed by atoms with Gasteiger partial charge in [0.05, 0.1) is 13.2 Å². The number of esters is 2. The summed E-state index contributed by atoms with van der Waals surface area (Å²) in [7, 11) is 0. The Morgan fingerprint density at radius 1 is 0.795 bits per heavy atom. The van der Waals surface area contributed by atoms with Gasteiger partial charge < -0.3 is 9.47 Å². The van der Waals surface area contributed by atoms with Crippen molar-refractivity contribution in [2.24, 2.45) is 22.7 Å². The van der Waals surface area contributed by atoms with Crippen molar-refractivity contribution in [3.8, 4) is 0 Å². The molecule has 4 unspecified atom stereocenters. The summed E-state index contributed by atoms with van der Waals surface area (Å²) >= 11 is 0. The highest BCUT2D eigenvalue weighted by Crippen LogP contribution is 2.64. The maximum Gasteiger partial charge on any atom is 0.344 e. The Morgan fingerprint density at radius 3 is 1.73 bits per heavy atom. The molecular formula is C36H62F4O4. The number of ether oxygens (including phenoxy) is 2. The molecular weight excluding hydrogens is 572 g/mol. The first kappa shape index (κ1) is 44.0. The Kier molecular flexibility index (Phi) is 22.4. The van der Waals surface area contributed by atoms with Crippen molar-refractivity contribution in [1.29, 1.82) is 0 Å². The van der Waals surface area contributed by atoms with Crippen LogP contribution >= 0.6 is 0 Å². The Balaban J connectivity index is 0. The van der Waals surface area contributed by atoms with Gasteiger partial charge in [-0.25, -0.2) is 22.4 Å². The van der Waals surface area contributed by atoms with Gasteiger partial charge in [0, 0.05) is 12.5 Å². The molecule has 0 saturated heterocycles. The first-order valence-electron chi connectivity index (χ1n) is 16.8. The number of carbonyl (C=O) groups is 2. The van der Waals surface area contributed by atoms with Gasteiger partial charge in [-0.3, -0.25) is 4.79 Å². The minimum absolute atomic E-state index is 0.0286. The van der Waals surface area contributed by atoms with Gasteiger partial charge >= 0.3 is 11.9 Å². The van der Waals surface area contributed by atoms with E-state index in [-0.39, 0.29) is 29.3 Å². The fraction of sp³-hybridized carbons (Fsp3) is 0.778. The molecule has 1 saturated carbocycles. The molecule has 44 heavy (non-hydrogen) atoms. The third-order valence-corrected chi connectivity index (χ3v) is 8.73. The minimum Gasteiger partial charge on any atom is -0.466 e. The van der Waals surface area contributed by atoms with E-state index in [0.717, 1.165) is 64.7 Å². The van der Waals surface area contributed by atoms with Crippen LogP contribution in [0.4, 0.5) is 17.6 Å². The monoisotopic (exact) mass is 634 g/mol. The van der Waals surface area contributed by atoms with Crippen LogP contribution in [-0.4, -0.2) is 25.2 Å². The van der Waals surface area contributed by atoms with Crippen molar-refractivity contribution < 1.29 is 36.6 Å². The van der Waals surface area contributed by atoms with Crippen LogP contribution in [-0.2, 0) is 14.3 Å². The fourth-order valence-corrected chi connectivity index (χ4v) is 5.78. The fourth-order valence-electron chi connectivity index (χ4n) is 5.78. The predicted molar refractivity (Wildman–Crippen MR) is 173 cm³/mol. The lowest BCUT2D eigenvalue weighted by Crippen LogP contribution is -2.52. The number of rotatable bonds is 14. The summed E-state index contributed by atoms with van der Waals surface area (Å²) in [6.45, 7) is 23.7. The normalized spacial score (nSPS) is 19.8. The molecule has 8 heteroatoms. The molecule has 0 aromatic heterocycles. The van der Waals surface area contributed by atoms with Gasteiger partial charge in [0.15, 0.2) is 23.3 Å². The van der Waals surface area contributed by atoms with Crippen LogP contribution in [0, 0.1) is 52.9 Å². The van der Waals surface area contributed by atoms with E-state index in [2.05, 4.69) is 34.6 Å². The molecule has 0 radical (unpaired) electrons. The lowest BCUT2D eigenvalue weighted by molar-refractivity contribution is -0.141. The first-order chi connectivity index (χ1) is 20.7. The standard InChI is InChI=1S/C29H42F4O4.C3H8.2C2H6/c1-18(17-37-27(35)22-25(32)23(30)20(3)24(31)26(22)33)16-28(5)13-14-29(28,6)19(2)12-10-8-7-9-11-15-36-21(4)34;1-3-2;2*1-2/h18-19H,7-17H2,1-6H3;3H2,1-2H3;2*1-2H3. The van der Waals surface area contributed by atoms with Gasteiger partial charge in [0.1, 0.15) is 5.56 Å². The molecule has 2 rings (SSSR count). The first-order valence-corrected chi connectivity index (χ1v) is 16.8. The summed E-state index contributed by atoms with van der Waals surface area (Å²) in [5.74, 6) is -7.87. The highest BCUT2D eigenvalue weighted by molar-refractivity contribution is 5.90. The van der Waals surface area contributed by atoms with Crippen molar-refractivity contribution in [3.05, 3.63) is 34.4 Å². The topological polar surface area (TPSA) is 52.6 Å². The summed E-state index contributed by atoms with van der Waals surface area (Å²) in [5.41, 5.74) is -1.99. The molecule has 0 aliphatic heterocycles. The molecule has 1 fully saturated rings. The van der Waals surface area contributed by atoms with Crippen LogP contribution in [0.2, 0.25) is 0 Å². The third kappa shape index (κ3) is 12.7. The van der Waals surface area contributed by atoms with E-state index >= 15 is 0 Å². The molecule has 4 nitrogen and oxygen atoms in total. The van der Waals surface area contributed by atoms with Gasteiger partial charge in [0.2, 0.25) is 0 Å². The van der Waals surface area contributed by atoms with Crippen LogP contribution in [0.25, 0.3) is 0 Å². The average molecular weight is 635 g/mol. The minimum atomic E-state index is -1.73. The number of carbonyl (C=O) groups excluding carboxylic acids is 2. The van der Waals surface area contributed by atoms with Gasteiger partial charge in [-0.05, 0) is 55.3 Å². The van der Waals surface area contributed by atoms with Gasteiger partial charge in [0.25, 0.3) is 0 Å². The number of hydrogen-bond acceptors (Lipinski definition) is 4. The summed E-state index contributed by atoms with van der Waals surface area (Å²) in [4.78, 5) is 23.1. The van der Waals surface area contributed by atoms with E-state index in [1.165, 1.54) is 13.3 Å². The van der Waals surface area contributed by atoms with Crippen LogP contribution in [0.1, 0.15) is 156 Å². The molecule has 1 aromatic carbocycles. The zero-order chi connectivity index (χ0) is 34.7. The molecule has 1 aromatic rings. The second kappa shape index (κ2) is 22.4. The maximum absolute atomic E-state index is 14.1. The summed E-state index contributed by atoms with van der Waals surface area (Å²) in [5, 5.41) is 0. The Bertz CT molecular complexity index is 954. The van der Waals surface area contributed by atoms with Crippen LogP contribution in [0.5, 0.6) is 0 Å². The van der Waals surface area contributed by atoms with Crippen LogP contribution in [0.3, 0.4) is 0 Å². The van der Waals surface area contributed by atoms with E-state index in [1.54, 1.807) is 0 Å². The van der Waals surface area contributed by atoms with Crippen molar-refractivity contribution in [2.75, 3.05) is 13.2 Å². The smallest absolute Gasteiger partial charge is 0.344 e. The quantitative estimate of drug-likeness (QED) is 0.0884. The van der Waals surface area contributed by atoms with E-state index in [4.69, 9.17) is 9.47 Å². The van der Waals surface area contributed by atoms with Gasteiger partial charge in [-0.15, -0.1) is 0 Å². The van der Waals surface area contributed by atoms with Gasteiger partial charge in [-0.1, -0.05) is 108 Å². The highest BCUT2D eigenvalue weighted by Gasteiger charge is 2.54. The molecule has 4 atom stereocenters. The van der Waals surface area contributed by atoms with Gasteiger partial charge in [-0.2, -0.15) is 0 Å². The Hall–Kier alpha value is -2.12. The maximum atomic E-state index is 14.1. The molecule has 0 N–H and O–H groups in total. The predicted octanol–water partition coefficient (Wildman–Crippen LogP) is 11.5. The lowest BCUT2D eigenvalue weighted by atomic mass is 9.44. The van der Waals surface area contributed by atoms with E-state index in [0.29, 0.717) is 12.5 Å². The Morgan fingerprint density at radius 2 is 1.27 bits per heavy atom. The third-order valence-electron chi connectivity index (χ3n) is 8.73.